The van der Waals surface area contributed by atoms with E-state index in [1.54, 1.807) is 49.4 Å². The molecule has 0 aromatic heterocycles. The van der Waals surface area contributed by atoms with E-state index < -0.39 is 22.5 Å². The molecule has 0 radical (unpaired) electrons. The lowest BCUT2D eigenvalue weighted by molar-refractivity contribution is -0.114. The number of anilines is 2. The number of nitrogens with one attached hydrogen (secondary N) is 1. The standard InChI is InChI=1S/C21H17Cl3N2O3S/c1-14-12-15(22)10-11-18(14)25-20(27)13-26(19-9-5-8-17(23)21(19)24)30(28,29)16-6-3-2-4-7-16/h2-12H,13H2,1H3,(H,25,27). The van der Waals surface area contributed by atoms with E-state index in [-0.39, 0.29) is 20.6 Å². The first-order chi connectivity index (χ1) is 14.2. The largest absolute Gasteiger partial charge is 0.324 e. The average molecular weight is 484 g/mol. The lowest BCUT2D eigenvalue weighted by Crippen LogP contribution is -2.38. The first kappa shape index (κ1) is 22.4. The molecule has 0 aliphatic carbocycles. The number of carbonyl (C=O) groups excluding carboxylic acids is 1. The summed E-state index contributed by atoms with van der Waals surface area (Å²) in [6.45, 7) is 1.28. The molecule has 3 rings (SSSR count). The number of halogens is 3. The number of hydrogen-bond acceptors (Lipinski definition) is 3. The number of carbonyl (C=O) groups is 1. The minimum Gasteiger partial charge on any atom is -0.324 e. The SMILES string of the molecule is Cc1cc(Cl)ccc1NC(=O)CN(c1cccc(Cl)c1Cl)S(=O)(=O)c1ccccc1. The van der Waals surface area contributed by atoms with Crippen molar-refractivity contribution in [3.8, 4) is 0 Å². The highest BCUT2D eigenvalue weighted by Gasteiger charge is 2.29. The maximum Gasteiger partial charge on any atom is 0.264 e. The molecule has 0 atom stereocenters. The molecule has 3 aromatic rings. The molecule has 1 N–H and O–H groups in total. The van der Waals surface area contributed by atoms with Crippen LogP contribution >= 0.6 is 34.8 Å². The Morgan fingerprint density at radius 3 is 2.33 bits per heavy atom. The molecule has 0 heterocycles. The van der Waals surface area contributed by atoms with Crippen LogP contribution in [0.4, 0.5) is 11.4 Å². The summed E-state index contributed by atoms with van der Waals surface area (Å²) in [7, 11) is -4.09. The summed E-state index contributed by atoms with van der Waals surface area (Å²) in [5, 5.41) is 3.46. The van der Waals surface area contributed by atoms with Crippen LogP contribution in [0.15, 0.2) is 71.6 Å². The van der Waals surface area contributed by atoms with Gasteiger partial charge in [-0.25, -0.2) is 8.42 Å². The predicted octanol–water partition coefficient (Wildman–Crippen LogP) is 5.79. The van der Waals surface area contributed by atoms with Gasteiger partial charge in [-0.2, -0.15) is 0 Å². The van der Waals surface area contributed by atoms with Crippen molar-refractivity contribution in [1.82, 2.24) is 0 Å². The van der Waals surface area contributed by atoms with Gasteiger partial charge in [0.15, 0.2) is 0 Å². The fourth-order valence-electron chi connectivity index (χ4n) is 2.79. The molecule has 0 aliphatic heterocycles. The first-order valence-electron chi connectivity index (χ1n) is 8.78. The van der Waals surface area contributed by atoms with E-state index in [2.05, 4.69) is 5.32 Å². The highest BCUT2D eigenvalue weighted by atomic mass is 35.5. The van der Waals surface area contributed by atoms with Gasteiger partial charge in [-0.05, 0) is 55.0 Å². The summed E-state index contributed by atoms with van der Waals surface area (Å²) >= 11 is 18.3. The van der Waals surface area contributed by atoms with Crippen molar-refractivity contribution in [1.29, 1.82) is 0 Å². The molecular weight excluding hydrogens is 467 g/mol. The van der Waals surface area contributed by atoms with Gasteiger partial charge >= 0.3 is 0 Å². The Morgan fingerprint density at radius 2 is 1.67 bits per heavy atom. The smallest absolute Gasteiger partial charge is 0.264 e. The zero-order valence-corrected chi connectivity index (χ0v) is 18.9. The van der Waals surface area contributed by atoms with Crippen LogP contribution < -0.4 is 9.62 Å². The maximum absolute atomic E-state index is 13.3. The Hall–Kier alpha value is -2.25. The third kappa shape index (κ3) is 4.90. The van der Waals surface area contributed by atoms with Gasteiger partial charge in [0.1, 0.15) is 6.54 Å². The fourth-order valence-corrected chi connectivity index (χ4v) is 4.92. The van der Waals surface area contributed by atoms with Gasteiger partial charge in [0.2, 0.25) is 5.91 Å². The second-order valence-corrected chi connectivity index (χ2v) is 9.49. The number of nitrogens with zero attached hydrogens (tertiary/aromatic N) is 1. The molecule has 0 saturated carbocycles. The molecule has 0 spiro atoms. The molecule has 156 valence electrons. The van der Waals surface area contributed by atoms with Crippen LogP contribution in [-0.2, 0) is 14.8 Å². The fraction of sp³-hybridized carbons (Fsp3) is 0.0952. The highest BCUT2D eigenvalue weighted by molar-refractivity contribution is 7.92. The predicted molar refractivity (Wildman–Crippen MR) is 122 cm³/mol. The quantitative estimate of drug-likeness (QED) is 0.482. The maximum atomic E-state index is 13.3. The number of benzene rings is 3. The normalized spacial score (nSPS) is 11.2. The molecule has 30 heavy (non-hydrogen) atoms. The number of amides is 1. The Morgan fingerprint density at radius 1 is 0.967 bits per heavy atom. The van der Waals surface area contributed by atoms with E-state index in [0.717, 1.165) is 9.87 Å². The van der Waals surface area contributed by atoms with Crippen molar-refractivity contribution in [3.63, 3.8) is 0 Å². The van der Waals surface area contributed by atoms with E-state index in [0.29, 0.717) is 10.7 Å². The first-order valence-corrected chi connectivity index (χ1v) is 11.4. The van der Waals surface area contributed by atoms with Gasteiger partial charge < -0.3 is 5.32 Å². The van der Waals surface area contributed by atoms with E-state index in [1.807, 2.05) is 0 Å². The topological polar surface area (TPSA) is 66.5 Å². The van der Waals surface area contributed by atoms with Crippen molar-refractivity contribution in [2.24, 2.45) is 0 Å². The van der Waals surface area contributed by atoms with Crippen molar-refractivity contribution >= 4 is 62.1 Å². The highest BCUT2D eigenvalue weighted by Crippen LogP contribution is 2.35. The van der Waals surface area contributed by atoms with Crippen molar-refractivity contribution in [3.05, 3.63) is 87.4 Å². The van der Waals surface area contributed by atoms with Crippen LogP contribution in [0.5, 0.6) is 0 Å². The second-order valence-electron chi connectivity index (χ2n) is 6.41. The van der Waals surface area contributed by atoms with E-state index >= 15 is 0 Å². The van der Waals surface area contributed by atoms with E-state index in [4.69, 9.17) is 34.8 Å². The van der Waals surface area contributed by atoms with Crippen LogP contribution in [0.1, 0.15) is 5.56 Å². The number of aryl methyl sites for hydroxylation is 1. The van der Waals surface area contributed by atoms with Crippen molar-refractivity contribution in [2.45, 2.75) is 11.8 Å². The molecule has 9 heteroatoms. The van der Waals surface area contributed by atoms with Gasteiger partial charge in [0.25, 0.3) is 10.0 Å². The summed E-state index contributed by atoms with van der Waals surface area (Å²) in [4.78, 5) is 12.8. The molecule has 1 amide bonds. The minimum absolute atomic E-state index is 0.0246. The Balaban J connectivity index is 1.99. The van der Waals surface area contributed by atoms with Gasteiger partial charge in [0.05, 0.1) is 20.6 Å². The lowest BCUT2D eigenvalue weighted by atomic mass is 10.2. The Labute approximate surface area is 190 Å². The number of hydrogen-bond donors (Lipinski definition) is 1. The van der Waals surface area contributed by atoms with Crippen LogP contribution in [0, 0.1) is 6.92 Å². The van der Waals surface area contributed by atoms with Crippen molar-refractivity contribution in [2.75, 3.05) is 16.2 Å². The third-order valence-electron chi connectivity index (χ3n) is 4.28. The third-order valence-corrected chi connectivity index (χ3v) is 7.10. The molecule has 0 bridgehead atoms. The van der Waals surface area contributed by atoms with Gasteiger partial charge in [-0.15, -0.1) is 0 Å². The summed E-state index contributed by atoms with van der Waals surface area (Å²) in [6.07, 6.45) is 0. The molecule has 0 unspecified atom stereocenters. The minimum atomic E-state index is -4.09. The lowest BCUT2D eigenvalue weighted by Gasteiger charge is -2.25. The zero-order valence-electron chi connectivity index (χ0n) is 15.8. The molecule has 0 fully saturated rings. The van der Waals surface area contributed by atoms with Crippen LogP contribution in [-0.4, -0.2) is 20.9 Å². The van der Waals surface area contributed by atoms with E-state index in [9.17, 15) is 13.2 Å². The van der Waals surface area contributed by atoms with Crippen LogP contribution in [0.25, 0.3) is 0 Å². The van der Waals surface area contributed by atoms with Gasteiger partial charge in [0, 0.05) is 10.7 Å². The Kier molecular flexibility index (Phi) is 6.93. The van der Waals surface area contributed by atoms with Crippen molar-refractivity contribution < 1.29 is 13.2 Å². The van der Waals surface area contributed by atoms with Gasteiger partial charge in [-0.1, -0.05) is 59.1 Å². The van der Waals surface area contributed by atoms with Gasteiger partial charge in [-0.3, -0.25) is 9.10 Å². The zero-order chi connectivity index (χ0) is 21.9. The molecular formula is C21H17Cl3N2O3S. The summed E-state index contributed by atoms with van der Waals surface area (Å²) in [6, 6.07) is 17.4. The molecule has 3 aromatic carbocycles. The summed E-state index contributed by atoms with van der Waals surface area (Å²) in [5.41, 5.74) is 1.38. The molecule has 5 nitrogen and oxygen atoms in total. The number of sulfonamides is 1. The summed E-state index contributed by atoms with van der Waals surface area (Å²) < 4.78 is 27.6. The van der Waals surface area contributed by atoms with E-state index in [1.165, 1.54) is 24.3 Å². The number of rotatable bonds is 6. The monoisotopic (exact) mass is 482 g/mol. The second kappa shape index (κ2) is 9.27. The Bertz CT molecular complexity index is 1190. The van der Waals surface area contributed by atoms with Crippen LogP contribution in [0.3, 0.4) is 0 Å². The molecule has 0 aliphatic rings. The summed E-state index contributed by atoms with van der Waals surface area (Å²) in [5.74, 6) is -0.545. The van der Waals surface area contributed by atoms with Crippen LogP contribution in [0.2, 0.25) is 15.1 Å². The molecule has 0 saturated heterocycles. The average Bonchev–Trinajstić information content (AvgIpc) is 2.71.